The van der Waals surface area contributed by atoms with Crippen LogP contribution in [0.2, 0.25) is 0 Å². The van der Waals surface area contributed by atoms with Crippen molar-refractivity contribution in [1.82, 2.24) is 31.3 Å². The van der Waals surface area contributed by atoms with Gasteiger partial charge in [-0.3, -0.25) is 4.79 Å². The summed E-state index contributed by atoms with van der Waals surface area (Å²) in [5.41, 5.74) is 12.4. The number of carbonyl (C=O) groups excluding carboxylic acids is 1. The summed E-state index contributed by atoms with van der Waals surface area (Å²) in [5.74, 6) is 1.63. The van der Waals surface area contributed by atoms with E-state index in [0.717, 1.165) is 55.0 Å². The average molecular weight is 618 g/mol. The lowest BCUT2D eigenvalue weighted by Gasteiger charge is -2.35. The summed E-state index contributed by atoms with van der Waals surface area (Å²) in [6, 6.07) is 14.4. The van der Waals surface area contributed by atoms with Gasteiger partial charge in [0, 0.05) is 30.4 Å². The zero-order valence-electron chi connectivity index (χ0n) is 29.0. The number of fused-ring (bicyclic) bond motifs is 2. The van der Waals surface area contributed by atoms with E-state index >= 15 is 0 Å². The number of aromatic amines is 1. The molecule has 2 unspecified atom stereocenters. The van der Waals surface area contributed by atoms with Gasteiger partial charge < -0.3 is 16.4 Å². The molecule has 5 rings (SSSR count). The van der Waals surface area contributed by atoms with E-state index in [9.17, 15) is 4.79 Å². The number of nitrogens with zero attached hydrogens (tertiary/aromatic N) is 3. The summed E-state index contributed by atoms with van der Waals surface area (Å²) < 4.78 is 0. The lowest BCUT2D eigenvalue weighted by Crippen LogP contribution is -2.39. The number of allylic oxidation sites excluding steroid dienone is 1. The third kappa shape index (κ3) is 10.2. The van der Waals surface area contributed by atoms with Crippen LogP contribution in [0.15, 0.2) is 54.7 Å². The number of benzene rings is 2. The first-order valence-corrected chi connectivity index (χ1v) is 17.2. The van der Waals surface area contributed by atoms with E-state index in [-0.39, 0.29) is 11.9 Å². The number of aryl methyl sites for hydroxylation is 2. The molecule has 1 heterocycles. The Balaban J connectivity index is 0.000000389. The first-order valence-electron chi connectivity index (χ1n) is 17.2. The molecule has 3 aromatic rings. The molecule has 1 fully saturated rings. The van der Waals surface area contributed by atoms with Crippen molar-refractivity contribution in [1.29, 1.82) is 0 Å². The molecule has 2 aliphatic rings. The largest absolute Gasteiger partial charge is 0.389 e. The Labute approximate surface area is 272 Å². The minimum atomic E-state index is -0.620. The molecule has 0 saturated heterocycles. The standard InChI is InChI=1S/C23H28N6O.C7H15N.C5H10.C2H6/c1-3-18(24)14-23(22-26-28-29-27-22)19-8-6-5-7-15(19)9-10-16-13-17(11-12-20(16)23)21(30)25-4-2;1-4-6-8-7(3)5-2;1-5-3-2-4-5;1-2/h5-8,11-13,18H,3-4,9-10,14,24H2,1-2H3,(H,25,30)(H,26,27,28,29);8H,3-6H2,1-2H3;5H,2-4H2,1H3;1-2H3. The van der Waals surface area contributed by atoms with Crippen molar-refractivity contribution in [2.24, 2.45) is 11.7 Å². The minimum absolute atomic E-state index is 0.0365. The molecule has 0 radical (unpaired) electrons. The molecular weight excluding hydrogens is 558 g/mol. The van der Waals surface area contributed by atoms with Crippen molar-refractivity contribution in [3.05, 3.63) is 88.4 Å². The highest BCUT2D eigenvalue weighted by molar-refractivity contribution is 5.94. The number of hydrogen-bond acceptors (Lipinski definition) is 6. The molecule has 0 aliphatic heterocycles. The number of hydrogen-bond donors (Lipinski definition) is 4. The van der Waals surface area contributed by atoms with Crippen LogP contribution in [-0.4, -0.2) is 45.7 Å². The molecule has 1 aromatic heterocycles. The quantitative estimate of drug-likeness (QED) is 0.190. The average Bonchev–Trinajstić information content (AvgIpc) is 3.57. The Kier molecular flexibility index (Phi) is 16.6. The van der Waals surface area contributed by atoms with E-state index in [4.69, 9.17) is 5.73 Å². The van der Waals surface area contributed by atoms with Crippen LogP contribution in [0.1, 0.15) is 132 Å². The Bertz CT molecular complexity index is 1290. The second-order valence-corrected chi connectivity index (χ2v) is 11.8. The van der Waals surface area contributed by atoms with Crippen molar-refractivity contribution in [3.63, 3.8) is 0 Å². The fourth-order valence-electron chi connectivity index (χ4n) is 5.66. The van der Waals surface area contributed by atoms with Crippen LogP contribution in [0.4, 0.5) is 0 Å². The van der Waals surface area contributed by atoms with Crippen LogP contribution in [0.5, 0.6) is 0 Å². The Hall–Kier alpha value is -3.52. The molecule has 8 nitrogen and oxygen atoms in total. The smallest absolute Gasteiger partial charge is 0.251 e. The van der Waals surface area contributed by atoms with Crippen LogP contribution in [0.25, 0.3) is 0 Å². The topological polar surface area (TPSA) is 122 Å². The number of amides is 1. The first-order chi connectivity index (χ1) is 21.8. The predicted molar refractivity (Wildman–Crippen MR) is 187 cm³/mol. The van der Waals surface area contributed by atoms with Gasteiger partial charge in [-0.25, -0.2) is 0 Å². The Morgan fingerprint density at radius 2 is 1.71 bits per heavy atom. The van der Waals surface area contributed by atoms with E-state index in [0.29, 0.717) is 24.4 Å². The summed E-state index contributed by atoms with van der Waals surface area (Å²) in [7, 11) is 0. The number of nitrogens with one attached hydrogen (secondary N) is 3. The number of rotatable bonds is 10. The first kappa shape index (κ1) is 37.7. The summed E-state index contributed by atoms with van der Waals surface area (Å²) in [5, 5.41) is 21.5. The van der Waals surface area contributed by atoms with Gasteiger partial charge in [-0.05, 0) is 85.8 Å². The van der Waals surface area contributed by atoms with E-state index in [2.05, 4.69) is 95.9 Å². The lowest BCUT2D eigenvalue weighted by molar-refractivity contribution is 0.0955. The molecule has 2 atom stereocenters. The van der Waals surface area contributed by atoms with Crippen molar-refractivity contribution < 1.29 is 4.79 Å². The summed E-state index contributed by atoms with van der Waals surface area (Å²) in [6.07, 6.45) is 9.89. The van der Waals surface area contributed by atoms with E-state index in [1.807, 2.05) is 32.9 Å². The van der Waals surface area contributed by atoms with Gasteiger partial charge in [0.05, 0.1) is 5.41 Å². The molecule has 1 amide bonds. The van der Waals surface area contributed by atoms with Crippen LogP contribution >= 0.6 is 0 Å². The number of aromatic nitrogens is 4. The van der Waals surface area contributed by atoms with Crippen LogP contribution in [0.3, 0.4) is 0 Å². The fourth-order valence-corrected chi connectivity index (χ4v) is 5.66. The highest BCUT2D eigenvalue weighted by atomic mass is 16.1. The normalized spacial score (nSPS) is 17.1. The van der Waals surface area contributed by atoms with Gasteiger partial charge in [0.1, 0.15) is 0 Å². The highest BCUT2D eigenvalue weighted by Crippen LogP contribution is 2.46. The molecular formula is C37H59N7O. The highest BCUT2D eigenvalue weighted by Gasteiger charge is 2.45. The van der Waals surface area contributed by atoms with Crippen molar-refractivity contribution in [2.75, 3.05) is 13.1 Å². The van der Waals surface area contributed by atoms with Gasteiger partial charge in [-0.1, -0.05) is 103 Å². The Morgan fingerprint density at radius 3 is 2.27 bits per heavy atom. The van der Waals surface area contributed by atoms with Gasteiger partial charge in [0.2, 0.25) is 0 Å². The molecule has 0 spiro atoms. The van der Waals surface area contributed by atoms with Crippen molar-refractivity contribution >= 4 is 5.91 Å². The summed E-state index contributed by atoms with van der Waals surface area (Å²) >= 11 is 0. The van der Waals surface area contributed by atoms with E-state index in [1.165, 1.54) is 36.8 Å². The summed E-state index contributed by atoms with van der Waals surface area (Å²) in [6.45, 7) is 20.0. The van der Waals surface area contributed by atoms with E-state index < -0.39 is 5.41 Å². The lowest BCUT2D eigenvalue weighted by atomic mass is 9.67. The van der Waals surface area contributed by atoms with E-state index in [1.54, 1.807) is 0 Å². The molecule has 8 heteroatoms. The van der Waals surface area contributed by atoms with Gasteiger partial charge >= 0.3 is 0 Å². The zero-order valence-corrected chi connectivity index (χ0v) is 29.0. The molecule has 5 N–H and O–H groups in total. The zero-order chi connectivity index (χ0) is 33.2. The maximum atomic E-state index is 12.5. The van der Waals surface area contributed by atoms with Crippen LogP contribution in [-0.2, 0) is 18.3 Å². The number of tetrazole rings is 1. The minimum Gasteiger partial charge on any atom is -0.389 e. The monoisotopic (exact) mass is 617 g/mol. The Morgan fingerprint density at radius 1 is 1.04 bits per heavy atom. The molecule has 45 heavy (non-hydrogen) atoms. The number of carbonyl (C=O) groups is 1. The second-order valence-electron chi connectivity index (χ2n) is 11.8. The SMILES string of the molecule is C=C(CC)NCCC.CC.CC1CCC1.CCNC(=O)c1ccc2c(c1)CCc1ccccc1C2(CC(N)CC)c1nn[nH]n1. The molecule has 2 aliphatic carbocycles. The third-order valence-corrected chi connectivity index (χ3v) is 8.57. The molecule has 0 bridgehead atoms. The number of nitrogens with two attached hydrogens (primary N) is 1. The molecule has 1 saturated carbocycles. The van der Waals surface area contributed by atoms with Crippen LogP contribution in [0, 0.1) is 5.92 Å². The predicted octanol–water partition coefficient (Wildman–Crippen LogP) is 7.25. The van der Waals surface area contributed by atoms with Gasteiger partial charge in [0.15, 0.2) is 5.82 Å². The van der Waals surface area contributed by atoms with Gasteiger partial charge in [-0.2, -0.15) is 5.21 Å². The fraction of sp³-hybridized carbons (Fsp3) is 0.568. The van der Waals surface area contributed by atoms with Gasteiger partial charge in [-0.15, -0.1) is 10.2 Å². The maximum Gasteiger partial charge on any atom is 0.251 e. The summed E-state index contributed by atoms with van der Waals surface area (Å²) in [4.78, 5) is 12.5. The van der Waals surface area contributed by atoms with Crippen molar-refractivity contribution in [3.8, 4) is 0 Å². The van der Waals surface area contributed by atoms with Gasteiger partial charge in [0.25, 0.3) is 5.91 Å². The van der Waals surface area contributed by atoms with Crippen molar-refractivity contribution in [2.45, 2.75) is 118 Å². The van der Waals surface area contributed by atoms with Crippen LogP contribution < -0.4 is 16.4 Å². The molecule has 248 valence electrons. The maximum absolute atomic E-state index is 12.5. The second kappa shape index (κ2) is 19.8. The number of H-pyrrole nitrogens is 1. The molecule has 2 aromatic carbocycles. The third-order valence-electron chi connectivity index (χ3n) is 8.57.